The molecule has 3 rings (SSSR count). The third-order valence-corrected chi connectivity index (χ3v) is 4.85. The number of nitrogen functional groups attached to an aromatic ring is 1. The number of benzene rings is 2. The van der Waals surface area contributed by atoms with E-state index in [0.717, 1.165) is 23.1 Å². The Kier molecular flexibility index (Phi) is 5.60. The fourth-order valence-corrected chi connectivity index (χ4v) is 3.07. The molecule has 0 aliphatic heterocycles. The van der Waals surface area contributed by atoms with Crippen LogP contribution in [0.3, 0.4) is 0 Å². The van der Waals surface area contributed by atoms with Crippen LogP contribution < -0.4 is 15.9 Å². The van der Waals surface area contributed by atoms with E-state index in [1.54, 1.807) is 38.3 Å². The lowest BCUT2D eigenvalue weighted by Gasteiger charge is -2.12. The summed E-state index contributed by atoms with van der Waals surface area (Å²) in [7, 11) is 1.59. The van der Waals surface area contributed by atoms with Crippen LogP contribution in [0.4, 0.5) is 10.1 Å². The minimum atomic E-state index is -0.556. The van der Waals surface area contributed by atoms with E-state index in [1.165, 1.54) is 16.8 Å². The Morgan fingerprint density at radius 2 is 1.93 bits per heavy atom. The van der Waals surface area contributed by atoms with Crippen molar-refractivity contribution >= 4 is 23.4 Å². The van der Waals surface area contributed by atoms with Crippen molar-refractivity contribution in [2.75, 3.05) is 18.3 Å². The molecule has 3 aromatic rings. The highest BCUT2D eigenvalue weighted by molar-refractivity contribution is 8.00. The first-order valence-electron chi connectivity index (χ1n) is 8.06. The molecule has 2 aromatic carbocycles. The first-order valence-corrected chi connectivity index (χ1v) is 8.94. The number of hydrogen-bond donors (Lipinski definition) is 2. The predicted molar refractivity (Wildman–Crippen MR) is 103 cm³/mol. The zero-order valence-electron chi connectivity index (χ0n) is 14.7. The second kappa shape index (κ2) is 8.09. The Morgan fingerprint density at radius 1 is 1.22 bits per heavy atom. The molecule has 1 heterocycles. The minimum absolute atomic E-state index is 0.128. The van der Waals surface area contributed by atoms with Gasteiger partial charge < -0.3 is 15.9 Å². The molecule has 1 unspecified atom stereocenters. The average molecular weight is 387 g/mol. The topological polar surface area (TPSA) is 95.1 Å². The normalized spacial score (nSPS) is 11.8. The van der Waals surface area contributed by atoms with Gasteiger partial charge in [0.2, 0.25) is 11.1 Å². The zero-order valence-corrected chi connectivity index (χ0v) is 15.5. The van der Waals surface area contributed by atoms with E-state index in [9.17, 15) is 9.18 Å². The summed E-state index contributed by atoms with van der Waals surface area (Å²) in [6.07, 6.45) is 0. The first-order chi connectivity index (χ1) is 13.0. The number of hydrogen-bond acceptors (Lipinski definition) is 6. The Hall–Kier alpha value is -3.07. The highest BCUT2D eigenvalue weighted by Gasteiger charge is 2.20. The maximum Gasteiger partial charge on any atom is 0.237 e. The highest BCUT2D eigenvalue weighted by atomic mass is 32.2. The molecule has 0 bridgehead atoms. The van der Waals surface area contributed by atoms with Gasteiger partial charge in [0.25, 0.3) is 0 Å². The molecule has 1 atom stereocenters. The lowest BCUT2D eigenvalue weighted by atomic mass is 10.2. The second-order valence-corrected chi connectivity index (χ2v) is 6.94. The molecule has 0 fully saturated rings. The number of carbonyl (C=O) groups excluding carboxylic acids is 1. The van der Waals surface area contributed by atoms with Crippen LogP contribution in [-0.2, 0) is 4.79 Å². The second-order valence-electron chi connectivity index (χ2n) is 5.63. The maximum absolute atomic E-state index is 13.7. The lowest BCUT2D eigenvalue weighted by Crippen LogP contribution is -2.24. The molecule has 27 heavy (non-hydrogen) atoms. The summed E-state index contributed by atoms with van der Waals surface area (Å²) in [6.45, 7) is 1.68. The van der Waals surface area contributed by atoms with E-state index < -0.39 is 11.1 Å². The Morgan fingerprint density at radius 3 is 2.59 bits per heavy atom. The van der Waals surface area contributed by atoms with Gasteiger partial charge in [-0.15, -0.1) is 10.2 Å². The quantitative estimate of drug-likeness (QED) is 0.499. The summed E-state index contributed by atoms with van der Waals surface area (Å²) in [5, 5.41) is 10.5. The van der Waals surface area contributed by atoms with E-state index in [-0.39, 0.29) is 11.6 Å². The van der Waals surface area contributed by atoms with E-state index in [2.05, 4.69) is 15.5 Å². The third-order valence-electron chi connectivity index (χ3n) is 3.80. The van der Waals surface area contributed by atoms with Crippen LogP contribution in [0.2, 0.25) is 0 Å². The predicted octanol–water partition coefficient (Wildman–Crippen LogP) is 2.93. The molecule has 3 N–H and O–H groups in total. The van der Waals surface area contributed by atoms with Gasteiger partial charge in [-0.2, -0.15) is 0 Å². The van der Waals surface area contributed by atoms with Gasteiger partial charge in [-0.3, -0.25) is 4.79 Å². The molecule has 0 aliphatic rings. The monoisotopic (exact) mass is 387 g/mol. The van der Waals surface area contributed by atoms with Crippen LogP contribution in [0, 0.1) is 5.82 Å². The molecule has 0 radical (unpaired) electrons. The zero-order chi connectivity index (χ0) is 19.4. The van der Waals surface area contributed by atoms with Crippen molar-refractivity contribution in [1.29, 1.82) is 0 Å². The van der Waals surface area contributed by atoms with E-state index in [1.807, 2.05) is 12.1 Å². The number of rotatable bonds is 6. The van der Waals surface area contributed by atoms with Gasteiger partial charge in [0.1, 0.15) is 11.6 Å². The van der Waals surface area contributed by atoms with Gasteiger partial charge in [0.15, 0.2) is 5.82 Å². The largest absolute Gasteiger partial charge is 0.497 e. The summed E-state index contributed by atoms with van der Waals surface area (Å²) < 4.78 is 20.1. The van der Waals surface area contributed by atoms with Crippen molar-refractivity contribution in [2.24, 2.45) is 0 Å². The number of nitrogens with one attached hydrogen (secondary N) is 1. The van der Waals surface area contributed by atoms with Crippen molar-refractivity contribution in [3.8, 4) is 17.1 Å². The Balaban J connectivity index is 1.71. The minimum Gasteiger partial charge on any atom is -0.497 e. The summed E-state index contributed by atoms with van der Waals surface area (Å²) in [4.78, 5) is 12.3. The average Bonchev–Trinajstić information content (AvgIpc) is 3.04. The smallest absolute Gasteiger partial charge is 0.237 e. The van der Waals surface area contributed by atoms with Gasteiger partial charge in [0.05, 0.1) is 18.0 Å². The van der Waals surface area contributed by atoms with Gasteiger partial charge in [-0.1, -0.05) is 23.9 Å². The van der Waals surface area contributed by atoms with Crippen LogP contribution in [0.25, 0.3) is 11.4 Å². The van der Waals surface area contributed by atoms with Gasteiger partial charge in [0, 0.05) is 5.56 Å². The van der Waals surface area contributed by atoms with Gasteiger partial charge in [-0.05, 0) is 43.3 Å². The van der Waals surface area contributed by atoms with E-state index >= 15 is 0 Å². The summed E-state index contributed by atoms with van der Waals surface area (Å²) >= 11 is 1.13. The van der Waals surface area contributed by atoms with Crippen LogP contribution >= 0.6 is 11.8 Å². The molecule has 0 spiro atoms. The molecule has 0 aliphatic carbocycles. The standard InChI is InChI=1S/C18H18FN5O2S/c1-11(17(25)21-15-6-4-3-5-14(15)19)27-18-23-22-16(24(18)20)12-7-9-13(26-2)10-8-12/h3-11H,20H2,1-2H3,(H,21,25). The number of methoxy groups -OCH3 is 1. The van der Waals surface area contributed by atoms with Crippen molar-refractivity contribution in [2.45, 2.75) is 17.3 Å². The Bertz CT molecular complexity index is 945. The number of amides is 1. The van der Waals surface area contributed by atoms with Crippen molar-refractivity contribution < 1.29 is 13.9 Å². The number of nitrogens with zero attached hydrogens (tertiary/aromatic N) is 3. The van der Waals surface area contributed by atoms with Crippen LogP contribution in [0.1, 0.15) is 6.92 Å². The van der Waals surface area contributed by atoms with Crippen molar-refractivity contribution in [1.82, 2.24) is 14.9 Å². The number of aromatic nitrogens is 3. The molecule has 0 saturated heterocycles. The number of ether oxygens (including phenoxy) is 1. The SMILES string of the molecule is COc1ccc(-c2nnc(SC(C)C(=O)Nc3ccccc3F)n2N)cc1. The molecule has 1 aromatic heterocycles. The van der Waals surface area contributed by atoms with E-state index in [4.69, 9.17) is 10.6 Å². The molecule has 7 nitrogen and oxygen atoms in total. The first kappa shape index (κ1) is 18.7. The molecular weight excluding hydrogens is 369 g/mol. The number of nitrogens with two attached hydrogens (primary N) is 1. The lowest BCUT2D eigenvalue weighted by molar-refractivity contribution is -0.115. The summed E-state index contributed by atoms with van der Waals surface area (Å²) in [5.74, 6) is 6.40. The fraction of sp³-hybridized carbons (Fsp3) is 0.167. The Labute approximate surface area is 159 Å². The van der Waals surface area contributed by atoms with Crippen LogP contribution in [-0.4, -0.2) is 33.1 Å². The van der Waals surface area contributed by atoms with Crippen LogP contribution in [0.15, 0.2) is 53.7 Å². The van der Waals surface area contributed by atoms with Crippen molar-refractivity contribution in [3.63, 3.8) is 0 Å². The van der Waals surface area contributed by atoms with E-state index in [0.29, 0.717) is 11.0 Å². The van der Waals surface area contributed by atoms with Crippen molar-refractivity contribution in [3.05, 3.63) is 54.3 Å². The summed E-state index contributed by atoms with van der Waals surface area (Å²) in [6, 6.07) is 13.2. The molecule has 9 heteroatoms. The number of anilines is 1. The molecule has 1 amide bonds. The van der Waals surface area contributed by atoms with Crippen LogP contribution in [0.5, 0.6) is 5.75 Å². The number of thioether (sulfide) groups is 1. The highest BCUT2D eigenvalue weighted by Crippen LogP contribution is 2.26. The maximum atomic E-state index is 13.7. The number of halogens is 1. The fourth-order valence-electron chi connectivity index (χ4n) is 2.30. The van der Waals surface area contributed by atoms with Gasteiger partial charge in [-0.25, -0.2) is 9.07 Å². The molecule has 140 valence electrons. The number of para-hydroxylation sites is 1. The molecule has 0 saturated carbocycles. The number of carbonyl (C=O) groups is 1. The summed E-state index contributed by atoms with van der Waals surface area (Å²) in [5.41, 5.74) is 0.893. The van der Waals surface area contributed by atoms with Gasteiger partial charge >= 0.3 is 0 Å². The third kappa shape index (κ3) is 4.20. The molecular formula is C18H18FN5O2S.